The molecule has 34 heavy (non-hydrogen) atoms. The molecule has 0 saturated carbocycles. The minimum Gasteiger partial charge on any atom is -0.403 e. The summed E-state index contributed by atoms with van der Waals surface area (Å²) in [6.45, 7) is 4.81. The third kappa shape index (κ3) is 5.68. The van der Waals surface area contributed by atoms with Crippen molar-refractivity contribution in [2.24, 2.45) is 5.92 Å². The molecule has 1 aliphatic heterocycles. The van der Waals surface area contributed by atoms with E-state index in [1.807, 2.05) is 6.26 Å². The van der Waals surface area contributed by atoms with Crippen LogP contribution in [0.2, 0.25) is 0 Å². The second-order valence-electron chi connectivity index (χ2n) is 8.13. The fourth-order valence-corrected chi connectivity index (χ4v) is 4.02. The normalized spacial score (nSPS) is 18.6. The number of rotatable bonds is 6. The molecule has 1 aliphatic rings. The number of aliphatic hydroxyl groups is 1. The van der Waals surface area contributed by atoms with E-state index in [1.165, 1.54) is 29.8 Å². The predicted octanol–water partition coefficient (Wildman–Crippen LogP) is 4.22. The van der Waals surface area contributed by atoms with Crippen LogP contribution < -0.4 is 10.2 Å². The third-order valence-corrected chi connectivity index (χ3v) is 6.12. The fourth-order valence-electron chi connectivity index (χ4n) is 3.61. The SMILES string of the molecule is [B]C([B])(O)c1nc(N2CCC(F)(F)C(C)C2)c(C(=C)Nc2ccnc(SC)c2)cc1C(F)(F)F. The van der Waals surface area contributed by atoms with Crippen LogP contribution >= 0.6 is 11.8 Å². The summed E-state index contributed by atoms with van der Waals surface area (Å²) in [6.07, 6.45) is -2.16. The van der Waals surface area contributed by atoms with E-state index >= 15 is 0 Å². The zero-order chi connectivity index (χ0) is 25.5. The van der Waals surface area contributed by atoms with Gasteiger partial charge in [0.25, 0.3) is 5.92 Å². The average molecular weight is 494 g/mol. The minimum absolute atomic E-state index is 0.0281. The summed E-state index contributed by atoms with van der Waals surface area (Å²) >= 11 is 1.37. The number of alkyl halides is 5. The topological polar surface area (TPSA) is 61.3 Å². The maximum Gasteiger partial charge on any atom is 0.418 e. The van der Waals surface area contributed by atoms with Crippen LogP contribution in [0.4, 0.5) is 33.5 Å². The van der Waals surface area contributed by atoms with Gasteiger partial charge in [0.05, 0.1) is 16.3 Å². The quantitative estimate of drug-likeness (QED) is 0.357. The van der Waals surface area contributed by atoms with Gasteiger partial charge in [-0.2, -0.15) is 13.2 Å². The van der Waals surface area contributed by atoms with E-state index in [1.54, 1.807) is 12.1 Å². The van der Waals surface area contributed by atoms with Gasteiger partial charge in [-0.15, -0.1) is 11.8 Å². The van der Waals surface area contributed by atoms with Crippen molar-refractivity contribution in [1.82, 2.24) is 9.97 Å². The van der Waals surface area contributed by atoms with Crippen molar-refractivity contribution in [3.63, 3.8) is 0 Å². The van der Waals surface area contributed by atoms with Gasteiger partial charge in [0, 0.05) is 54.0 Å². The minimum atomic E-state index is -4.96. The number of thioether (sulfide) groups is 1. The van der Waals surface area contributed by atoms with Crippen LogP contribution in [0.5, 0.6) is 0 Å². The summed E-state index contributed by atoms with van der Waals surface area (Å²) in [6, 6.07) is 3.98. The Morgan fingerprint density at radius 3 is 2.56 bits per heavy atom. The summed E-state index contributed by atoms with van der Waals surface area (Å²) in [4.78, 5) is 9.51. The lowest BCUT2D eigenvalue weighted by Gasteiger charge is -2.39. The molecule has 0 aromatic carbocycles. The van der Waals surface area contributed by atoms with Crippen molar-refractivity contribution < 1.29 is 27.1 Å². The van der Waals surface area contributed by atoms with Crippen molar-refractivity contribution >= 4 is 44.7 Å². The molecule has 0 bridgehead atoms. The molecule has 13 heteroatoms. The van der Waals surface area contributed by atoms with E-state index in [0.717, 1.165) is 0 Å². The van der Waals surface area contributed by atoms with E-state index in [2.05, 4.69) is 21.9 Å². The van der Waals surface area contributed by atoms with Crippen LogP contribution in [0.1, 0.15) is 30.2 Å². The molecule has 3 heterocycles. The van der Waals surface area contributed by atoms with E-state index in [4.69, 9.17) is 15.7 Å². The lowest BCUT2D eigenvalue weighted by molar-refractivity contribution is -0.139. The van der Waals surface area contributed by atoms with Gasteiger partial charge >= 0.3 is 6.18 Å². The number of aromatic nitrogens is 2. The van der Waals surface area contributed by atoms with Crippen LogP contribution in [-0.4, -0.2) is 56.0 Å². The van der Waals surface area contributed by atoms with Gasteiger partial charge in [-0.3, -0.25) is 0 Å². The summed E-state index contributed by atoms with van der Waals surface area (Å²) < 4.78 is 69.7. The van der Waals surface area contributed by atoms with Crippen LogP contribution in [-0.2, 0) is 11.6 Å². The Bertz CT molecular complexity index is 1080. The fraction of sp³-hybridized carbons (Fsp3) is 0.429. The highest BCUT2D eigenvalue weighted by Gasteiger charge is 2.44. The predicted molar refractivity (Wildman–Crippen MR) is 124 cm³/mol. The Kier molecular flexibility index (Phi) is 7.29. The first-order valence-corrected chi connectivity index (χ1v) is 11.4. The summed E-state index contributed by atoms with van der Waals surface area (Å²) in [5.74, 6) is -4.13. The van der Waals surface area contributed by atoms with Gasteiger partial charge in [0.1, 0.15) is 21.5 Å². The number of pyridine rings is 2. The largest absolute Gasteiger partial charge is 0.418 e. The highest BCUT2D eigenvalue weighted by molar-refractivity contribution is 7.98. The average Bonchev–Trinajstić information content (AvgIpc) is 2.73. The molecule has 5 nitrogen and oxygen atoms in total. The molecule has 0 aliphatic carbocycles. The molecule has 0 amide bonds. The molecular weight excluding hydrogens is 473 g/mol. The van der Waals surface area contributed by atoms with Crippen molar-refractivity contribution in [2.75, 3.05) is 29.6 Å². The molecule has 1 fully saturated rings. The number of anilines is 2. The first-order valence-electron chi connectivity index (χ1n) is 10.2. The molecule has 1 atom stereocenters. The third-order valence-electron chi connectivity index (χ3n) is 5.48. The van der Waals surface area contributed by atoms with Crippen LogP contribution in [0, 0.1) is 5.92 Å². The smallest absolute Gasteiger partial charge is 0.403 e. The second kappa shape index (κ2) is 9.41. The molecule has 4 radical (unpaired) electrons. The highest BCUT2D eigenvalue weighted by atomic mass is 32.2. The Labute approximate surface area is 201 Å². The molecular formula is C21H21B2F5N4OS. The van der Waals surface area contributed by atoms with E-state index in [-0.39, 0.29) is 30.2 Å². The van der Waals surface area contributed by atoms with Crippen molar-refractivity contribution in [3.8, 4) is 0 Å². The Morgan fingerprint density at radius 2 is 2.00 bits per heavy atom. The lowest BCUT2D eigenvalue weighted by Crippen LogP contribution is -2.47. The molecule has 1 saturated heterocycles. The molecule has 2 N–H and O–H groups in total. The van der Waals surface area contributed by atoms with Gasteiger partial charge in [0.2, 0.25) is 0 Å². The Balaban J connectivity index is 2.14. The van der Waals surface area contributed by atoms with Gasteiger partial charge < -0.3 is 15.3 Å². The van der Waals surface area contributed by atoms with Crippen LogP contribution in [0.15, 0.2) is 36.0 Å². The lowest BCUT2D eigenvalue weighted by atomic mass is 9.62. The maximum atomic E-state index is 14.1. The standard InChI is InChI=1S/C21H21B2F5N4OS/c1-11-10-32(7-5-19(11,24)25)18-14(12(2)30-13-4-6-29-16(8-13)34-3)9-15(21(26,27)28)17(31-18)20(22,23)33/h4,6,8-9,11,33H,2,5,7,10H2,1,3H3,(H,29,30). The van der Waals surface area contributed by atoms with Crippen LogP contribution in [0.25, 0.3) is 5.70 Å². The number of nitrogens with zero attached hydrogens (tertiary/aromatic N) is 3. The summed E-state index contributed by atoms with van der Waals surface area (Å²) in [5.41, 5.74) is -1.96. The molecule has 2 aromatic rings. The van der Waals surface area contributed by atoms with Gasteiger partial charge in [-0.1, -0.05) is 13.5 Å². The molecule has 2 aromatic heterocycles. The molecule has 1 unspecified atom stereocenters. The van der Waals surface area contributed by atoms with Crippen molar-refractivity contribution in [1.29, 1.82) is 0 Å². The van der Waals surface area contributed by atoms with Gasteiger partial charge in [-0.25, -0.2) is 18.7 Å². The van der Waals surface area contributed by atoms with Crippen LogP contribution in [0.3, 0.4) is 0 Å². The number of hydrogen-bond donors (Lipinski definition) is 2. The Morgan fingerprint density at radius 1 is 1.32 bits per heavy atom. The monoisotopic (exact) mass is 494 g/mol. The van der Waals surface area contributed by atoms with Gasteiger partial charge in [-0.05, 0) is 24.5 Å². The van der Waals surface area contributed by atoms with E-state index in [0.29, 0.717) is 16.8 Å². The number of hydrogen-bond acceptors (Lipinski definition) is 6. The zero-order valence-corrected chi connectivity index (χ0v) is 19.3. The van der Waals surface area contributed by atoms with Crippen molar-refractivity contribution in [2.45, 2.75) is 35.9 Å². The molecule has 3 rings (SSSR count). The first kappa shape index (κ1) is 26.3. The van der Waals surface area contributed by atoms with Crippen molar-refractivity contribution in [3.05, 3.63) is 47.8 Å². The zero-order valence-electron chi connectivity index (χ0n) is 18.5. The summed E-state index contributed by atoms with van der Waals surface area (Å²) in [7, 11) is 10.8. The second-order valence-corrected chi connectivity index (χ2v) is 8.95. The summed E-state index contributed by atoms with van der Waals surface area (Å²) in [5, 5.41) is 10.7. The highest BCUT2D eigenvalue weighted by Crippen LogP contribution is 2.41. The van der Waals surface area contributed by atoms with Gasteiger partial charge in [0.15, 0.2) is 0 Å². The molecule has 178 valence electrons. The number of nitrogens with one attached hydrogen (secondary N) is 1. The van der Waals surface area contributed by atoms with E-state index in [9.17, 15) is 27.1 Å². The maximum absolute atomic E-state index is 14.1. The van der Waals surface area contributed by atoms with E-state index < -0.39 is 41.1 Å². The molecule has 0 spiro atoms. The Hall–Kier alpha value is -2.27. The number of piperidine rings is 1. The first-order chi connectivity index (χ1) is 15.6. The number of halogens is 5.